The summed E-state index contributed by atoms with van der Waals surface area (Å²) in [6, 6.07) is 6.89. The molecule has 132 valence electrons. The van der Waals surface area contributed by atoms with E-state index in [1.165, 1.54) is 13.4 Å². The van der Waals surface area contributed by atoms with Gasteiger partial charge >= 0.3 is 0 Å². The maximum absolute atomic E-state index is 12.7. The summed E-state index contributed by atoms with van der Waals surface area (Å²) in [6.45, 7) is 2.09. The molecule has 1 saturated carbocycles. The summed E-state index contributed by atoms with van der Waals surface area (Å²) in [6.07, 6.45) is 2.56. The summed E-state index contributed by atoms with van der Waals surface area (Å²) in [5, 5.41) is 6.11. The molecule has 0 radical (unpaired) electrons. The number of anilines is 1. The number of hydrogen-bond acceptors (Lipinski definition) is 4. The second-order valence-electron chi connectivity index (χ2n) is 6.10. The van der Waals surface area contributed by atoms with E-state index in [1.54, 1.807) is 24.3 Å². The number of nitrogens with one attached hydrogen (secondary N) is 2. The Hall–Kier alpha value is -2.47. The molecule has 0 atom stereocenters. The smallest absolute Gasteiger partial charge is 0.240 e. The van der Waals surface area contributed by atoms with Crippen molar-refractivity contribution in [3.8, 4) is 5.75 Å². The van der Waals surface area contributed by atoms with E-state index in [4.69, 9.17) is 20.8 Å². The van der Waals surface area contributed by atoms with Crippen LogP contribution >= 0.6 is 11.6 Å². The fourth-order valence-corrected chi connectivity index (χ4v) is 2.76. The van der Waals surface area contributed by atoms with Crippen LogP contribution in [0.4, 0.5) is 5.69 Å². The van der Waals surface area contributed by atoms with Crippen LogP contribution in [0.2, 0.25) is 5.02 Å². The molecule has 1 aliphatic carbocycles. The van der Waals surface area contributed by atoms with E-state index in [0.29, 0.717) is 35.1 Å². The SMILES string of the molecule is COc1cc(Cl)c(C)cc1NC(=O)C1(C(=O)NCc2ccco2)CC1. The first-order valence-electron chi connectivity index (χ1n) is 7.92. The molecule has 0 spiro atoms. The van der Waals surface area contributed by atoms with Crippen molar-refractivity contribution in [1.82, 2.24) is 5.32 Å². The molecule has 7 heteroatoms. The van der Waals surface area contributed by atoms with Crippen LogP contribution in [0, 0.1) is 12.3 Å². The fraction of sp³-hybridized carbons (Fsp3) is 0.333. The maximum atomic E-state index is 12.7. The van der Waals surface area contributed by atoms with Crippen LogP contribution in [0.5, 0.6) is 5.75 Å². The Kier molecular flexibility index (Phi) is 4.72. The summed E-state index contributed by atoms with van der Waals surface area (Å²) in [7, 11) is 1.50. The number of ether oxygens (including phenoxy) is 1. The van der Waals surface area contributed by atoms with Gasteiger partial charge in [-0.2, -0.15) is 0 Å². The fourth-order valence-electron chi connectivity index (χ4n) is 2.60. The first-order valence-corrected chi connectivity index (χ1v) is 8.30. The van der Waals surface area contributed by atoms with Gasteiger partial charge in [-0.3, -0.25) is 9.59 Å². The molecule has 0 saturated heterocycles. The van der Waals surface area contributed by atoms with Gasteiger partial charge in [0, 0.05) is 11.1 Å². The Labute approximate surface area is 150 Å². The third kappa shape index (κ3) is 3.49. The molecule has 1 aromatic carbocycles. The molecule has 1 aliphatic rings. The molecular weight excluding hydrogens is 344 g/mol. The van der Waals surface area contributed by atoms with Crippen LogP contribution in [0.1, 0.15) is 24.2 Å². The summed E-state index contributed by atoms with van der Waals surface area (Å²) < 4.78 is 10.4. The summed E-state index contributed by atoms with van der Waals surface area (Å²) in [4.78, 5) is 25.1. The van der Waals surface area contributed by atoms with E-state index in [1.807, 2.05) is 6.92 Å². The van der Waals surface area contributed by atoms with Gasteiger partial charge in [0.2, 0.25) is 11.8 Å². The molecule has 0 unspecified atom stereocenters. The summed E-state index contributed by atoms with van der Waals surface area (Å²) >= 11 is 6.08. The first kappa shape index (κ1) is 17.4. The number of halogens is 1. The van der Waals surface area contributed by atoms with Crippen LogP contribution in [-0.4, -0.2) is 18.9 Å². The molecule has 1 fully saturated rings. The van der Waals surface area contributed by atoms with Crippen molar-refractivity contribution in [3.05, 3.63) is 46.9 Å². The molecule has 0 bridgehead atoms. The van der Waals surface area contributed by atoms with Gasteiger partial charge in [-0.15, -0.1) is 0 Å². The number of benzene rings is 1. The summed E-state index contributed by atoms with van der Waals surface area (Å²) in [5.74, 6) is 0.450. The lowest BCUT2D eigenvalue weighted by atomic mass is 10.0. The van der Waals surface area contributed by atoms with Gasteiger partial charge in [0.25, 0.3) is 0 Å². The second-order valence-corrected chi connectivity index (χ2v) is 6.51. The van der Waals surface area contributed by atoms with Gasteiger partial charge in [-0.1, -0.05) is 11.6 Å². The first-order chi connectivity index (χ1) is 12.0. The zero-order valence-electron chi connectivity index (χ0n) is 14.0. The topological polar surface area (TPSA) is 80.6 Å². The van der Waals surface area contributed by atoms with Crippen LogP contribution in [-0.2, 0) is 16.1 Å². The molecule has 25 heavy (non-hydrogen) atoms. The largest absolute Gasteiger partial charge is 0.495 e. The summed E-state index contributed by atoms with van der Waals surface area (Å²) in [5.41, 5.74) is 0.273. The van der Waals surface area contributed by atoms with Crippen molar-refractivity contribution in [3.63, 3.8) is 0 Å². The standard InChI is InChI=1S/C18H19ClN2O4/c1-11-8-14(15(24-2)9-13(11)19)21-17(23)18(5-6-18)16(22)20-10-12-4-3-7-25-12/h3-4,7-9H,5-6,10H2,1-2H3,(H,20,22)(H,21,23). The van der Waals surface area contributed by atoms with Crippen molar-refractivity contribution in [2.45, 2.75) is 26.3 Å². The molecule has 1 aromatic heterocycles. The number of aryl methyl sites for hydroxylation is 1. The number of carbonyl (C=O) groups is 2. The highest BCUT2D eigenvalue weighted by Crippen LogP contribution is 2.47. The maximum Gasteiger partial charge on any atom is 0.240 e. The van der Waals surface area contributed by atoms with E-state index in [2.05, 4.69) is 10.6 Å². The predicted octanol–water partition coefficient (Wildman–Crippen LogP) is 3.29. The molecule has 3 rings (SSSR count). The minimum absolute atomic E-state index is 0.254. The molecule has 1 heterocycles. The minimum Gasteiger partial charge on any atom is -0.495 e. The normalized spacial score (nSPS) is 14.7. The quantitative estimate of drug-likeness (QED) is 0.773. The third-order valence-corrected chi connectivity index (χ3v) is 4.76. The van der Waals surface area contributed by atoms with Gasteiger partial charge in [-0.25, -0.2) is 0 Å². The monoisotopic (exact) mass is 362 g/mol. The Bertz CT molecular complexity index is 798. The van der Waals surface area contributed by atoms with E-state index >= 15 is 0 Å². The number of amides is 2. The zero-order chi connectivity index (χ0) is 18.0. The van der Waals surface area contributed by atoms with Crippen LogP contribution in [0.25, 0.3) is 0 Å². The number of furan rings is 1. The minimum atomic E-state index is -1.04. The van der Waals surface area contributed by atoms with Crippen LogP contribution in [0.15, 0.2) is 34.9 Å². The number of rotatable bonds is 6. The van der Waals surface area contributed by atoms with Crippen molar-refractivity contribution in [2.75, 3.05) is 12.4 Å². The van der Waals surface area contributed by atoms with Gasteiger partial charge in [-0.05, 0) is 43.5 Å². The highest BCUT2D eigenvalue weighted by Gasteiger charge is 2.56. The molecule has 6 nitrogen and oxygen atoms in total. The van der Waals surface area contributed by atoms with Crippen molar-refractivity contribution in [1.29, 1.82) is 0 Å². The lowest BCUT2D eigenvalue weighted by molar-refractivity contribution is -0.134. The Morgan fingerprint density at radius 2 is 2.08 bits per heavy atom. The molecule has 2 N–H and O–H groups in total. The van der Waals surface area contributed by atoms with Gasteiger partial charge in [0.15, 0.2) is 0 Å². The third-order valence-electron chi connectivity index (χ3n) is 4.35. The predicted molar refractivity (Wildman–Crippen MR) is 93.6 cm³/mol. The lowest BCUT2D eigenvalue weighted by Crippen LogP contribution is -2.39. The van der Waals surface area contributed by atoms with Crippen LogP contribution in [0.3, 0.4) is 0 Å². The average Bonchev–Trinajstić information content (AvgIpc) is 3.25. The molecule has 0 aliphatic heterocycles. The second kappa shape index (κ2) is 6.80. The average molecular weight is 363 g/mol. The number of methoxy groups -OCH3 is 1. The molecular formula is C18H19ClN2O4. The van der Waals surface area contributed by atoms with E-state index in [-0.39, 0.29) is 18.4 Å². The molecule has 2 amide bonds. The zero-order valence-corrected chi connectivity index (χ0v) is 14.8. The number of carbonyl (C=O) groups excluding carboxylic acids is 2. The van der Waals surface area contributed by atoms with Gasteiger partial charge < -0.3 is 19.8 Å². The van der Waals surface area contributed by atoms with Crippen molar-refractivity contribution < 1.29 is 18.7 Å². The Balaban J connectivity index is 1.70. The van der Waals surface area contributed by atoms with Gasteiger partial charge in [0.05, 0.1) is 25.6 Å². The Morgan fingerprint density at radius 3 is 2.68 bits per heavy atom. The van der Waals surface area contributed by atoms with Gasteiger partial charge in [0.1, 0.15) is 16.9 Å². The van der Waals surface area contributed by atoms with Crippen molar-refractivity contribution >= 4 is 29.1 Å². The Morgan fingerprint density at radius 1 is 1.32 bits per heavy atom. The number of hydrogen-bond donors (Lipinski definition) is 2. The van der Waals surface area contributed by atoms with Crippen LogP contribution < -0.4 is 15.4 Å². The van der Waals surface area contributed by atoms with E-state index in [0.717, 1.165) is 5.56 Å². The van der Waals surface area contributed by atoms with E-state index < -0.39 is 5.41 Å². The molecule has 2 aromatic rings. The highest BCUT2D eigenvalue weighted by molar-refractivity contribution is 6.31. The van der Waals surface area contributed by atoms with Crippen molar-refractivity contribution in [2.24, 2.45) is 5.41 Å². The lowest BCUT2D eigenvalue weighted by Gasteiger charge is -2.17. The highest BCUT2D eigenvalue weighted by atomic mass is 35.5. The van der Waals surface area contributed by atoms with E-state index in [9.17, 15) is 9.59 Å².